The molecule has 22 heavy (non-hydrogen) atoms. The average Bonchev–Trinajstić information content (AvgIpc) is 2.99. The predicted molar refractivity (Wildman–Crippen MR) is 101 cm³/mol. The summed E-state index contributed by atoms with van der Waals surface area (Å²) < 4.78 is 2.11. The first-order valence-electron chi connectivity index (χ1n) is 6.47. The van der Waals surface area contributed by atoms with Gasteiger partial charge in [0.2, 0.25) is 5.13 Å². The van der Waals surface area contributed by atoms with Gasteiger partial charge in [-0.15, -0.1) is 11.3 Å². The molecule has 3 rings (SSSR count). The Morgan fingerprint density at radius 1 is 0.955 bits per heavy atom. The van der Waals surface area contributed by atoms with Crippen LogP contribution in [0.15, 0.2) is 68.0 Å². The molecule has 0 aliphatic heterocycles. The van der Waals surface area contributed by atoms with Crippen molar-refractivity contribution in [2.24, 2.45) is 5.10 Å². The van der Waals surface area contributed by atoms with Gasteiger partial charge in [-0.25, -0.2) is 4.98 Å². The van der Waals surface area contributed by atoms with Crippen molar-refractivity contribution in [2.45, 2.75) is 0 Å². The second-order valence-corrected chi connectivity index (χ2v) is 7.16. The summed E-state index contributed by atoms with van der Waals surface area (Å²) in [5.41, 5.74) is 6.02. The van der Waals surface area contributed by atoms with Gasteiger partial charge in [0.15, 0.2) is 0 Å². The molecular weight excluding hydrogens is 426 g/mol. The van der Waals surface area contributed by atoms with Gasteiger partial charge in [-0.3, -0.25) is 5.43 Å². The van der Waals surface area contributed by atoms with Crippen molar-refractivity contribution in [1.29, 1.82) is 0 Å². The van der Waals surface area contributed by atoms with Crippen LogP contribution in [-0.4, -0.2) is 11.2 Å². The van der Waals surface area contributed by atoms with Gasteiger partial charge in [0.05, 0.1) is 11.9 Å². The van der Waals surface area contributed by atoms with E-state index in [-0.39, 0.29) is 0 Å². The Bertz CT molecular complexity index is 780. The van der Waals surface area contributed by atoms with Crippen LogP contribution in [0.5, 0.6) is 0 Å². The number of aromatic nitrogens is 1. The summed E-state index contributed by atoms with van der Waals surface area (Å²) in [5.74, 6) is 0. The monoisotopic (exact) mass is 435 g/mol. The van der Waals surface area contributed by atoms with Crippen molar-refractivity contribution in [1.82, 2.24) is 4.98 Å². The van der Waals surface area contributed by atoms with E-state index < -0.39 is 0 Å². The van der Waals surface area contributed by atoms with Gasteiger partial charge in [-0.2, -0.15) is 5.10 Å². The molecule has 0 bridgehead atoms. The zero-order chi connectivity index (χ0) is 15.4. The lowest BCUT2D eigenvalue weighted by Gasteiger charge is -1.97. The molecule has 0 saturated heterocycles. The zero-order valence-electron chi connectivity index (χ0n) is 11.3. The molecule has 1 heterocycles. The summed E-state index contributed by atoms with van der Waals surface area (Å²) in [6.45, 7) is 0. The first-order valence-corrected chi connectivity index (χ1v) is 8.93. The summed E-state index contributed by atoms with van der Waals surface area (Å²) in [6.07, 6.45) is 1.77. The van der Waals surface area contributed by atoms with E-state index in [1.165, 1.54) is 11.3 Å². The first-order chi connectivity index (χ1) is 10.7. The molecule has 2 aromatic carbocycles. The van der Waals surface area contributed by atoms with Crippen LogP contribution in [0.25, 0.3) is 11.3 Å². The fraction of sp³-hybridized carbons (Fsp3) is 0. The molecule has 0 amide bonds. The van der Waals surface area contributed by atoms with Gasteiger partial charge < -0.3 is 0 Å². The predicted octanol–water partition coefficient (Wildman–Crippen LogP) is 5.78. The molecule has 0 fully saturated rings. The molecule has 3 nitrogen and oxygen atoms in total. The normalized spacial score (nSPS) is 11.0. The summed E-state index contributed by atoms with van der Waals surface area (Å²) in [6, 6.07) is 16.0. The van der Waals surface area contributed by atoms with Crippen LogP contribution in [0.3, 0.4) is 0 Å². The molecule has 0 aliphatic carbocycles. The van der Waals surface area contributed by atoms with E-state index in [1.807, 2.05) is 53.9 Å². The SMILES string of the molecule is Brc1ccc(/C=N\Nc2nc(-c3ccc(Br)cc3)cs2)cc1. The van der Waals surface area contributed by atoms with Crippen molar-refractivity contribution < 1.29 is 0 Å². The van der Waals surface area contributed by atoms with Gasteiger partial charge in [-0.1, -0.05) is 56.1 Å². The van der Waals surface area contributed by atoms with Crippen molar-refractivity contribution >= 4 is 54.5 Å². The van der Waals surface area contributed by atoms with E-state index in [9.17, 15) is 0 Å². The Morgan fingerprint density at radius 2 is 1.59 bits per heavy atom. The number of nitrogens with one attached hydrogen (secondary N) is 1. The van der Waals surface area contributed by atoms with Gasteiger partial charge in [0.1, 0.15) is 0 Å². The Labute approximate surface area is 149 Å². The fourth-order valence-corrected chi connectivity index (χ4v) is 2.99. The number of hydrazone groups is 1. The van der Waals surface area contributed by atoms with E-state index in [4.69, 9.17) is 0 Å². The van der Waals surface area contributed by atoms with E-state index in [2.05, 4.69) is 47.4 Å². The van der Waals surface area contributed by atoms with Crippen LogP contribution in [0, 0.1) is 0 Å². The molecule has 0 atom stereocenters. The third kappa shape index (κ3) is 4.03. The summed E-state index contributed by atoms with van der Waals surface area (Å²) in [5, 5.41) is 7.00. The third-order valence-corrected chi connectivity index (χ3v) is 4.69. The van der Waals surface area contributed by atoms with Gasteiger partial charge in [0, 0.05) is 19.9 Å². The molecule has 3 aromatic rings. The number of thiazole rings is 1. The van der Waals surface area contributed by atoms with Crippen LogP contribution in [0.2, 0.25) is 0 Å². The Balaban J connectivity index is 1.66. The van der Waals surface area contributed by atoms with Crippen molar-refractivity contribution in [3.05, 3.63) is 68.4 Å². The Hall–Kier alpha value is -1.50. The minimum atomic E-state index is 0.770. The van der Waals surface area contributed by atoms with Gasteiger partial charge >= 0.3 is 0 Å². The highest BCUT2D eigenvalue weighted by Crippen LogP contribution is 2.26. The van der Waals surface area contributed by atoms with E-state index >= 15 is 0 Å². The Morgan fingerprint density at radius 3 is 2.27 bits per heavy atom. The highest BCUT2D eigenvalue weighted by molar-refractivity contribution is 9.10. The lowest BCUT2D eigenvalue weighted by atomic mass is 10.2. The number of rotatable bonds is 4. The van der Waals surface area contributed by atoms with Crippen molar-refractivity contribution in [3.63, 3.8) is 0 Å². The van der Waals surface area contributed by atoms with Crippen LogP contribution < -0.4 is 5.43 Å². The summed E-state index contributed by atoms with van der Waals surface area (Å²) in [4.78, 5) is 4.53. The van der Waals surface area contributed by atoms with Crippen LogP contribution >= 0.6 is 43.2 Å². The minimum absolute atomic E-state index is 0.770. The first kappa shape index (κ1) is 15.4. The minimum Gasteiger partial charge on any atom is -0.253 e. The average molecular weight is 437 g/mol. The number of halogens is 2. The van der Waals surface area contributed by atoms with Crippen molar-refractivity contribution in [3.8, 4) is 11.3 Å². The number of nitrogens with zero attached hydrogens (tertiary/aromatic N) is 2. The fourth-order valence-electron chi connectivity index (χ4n) is 1.79. The molecule has 1 N–H and O–H groups in total. The topological polar surface area (TPSA) is 37.3 Å². The molecule has 0 saturated carbocycles. The van der Waals surface area contributed by atoms with Crippen LogP contribution in [0.1, 0.15) is 5.56 Å². The summed E-state index contributed by atoms with van der Waals surface area (Å²) >= 11 is 8.37. The van der Waals surface area contributed by atoms with Gasteiger partial charge in [0.25, 0.3) is 0 Å². The highest BCUT2D eigenvalue weighted by atomic mass is 79.9. The molecule has 110 valence electrons. The molecule has 1 aromatic heterocycles. The lowest BCUT2D eigenvalue weighted by molar-refractivity contribution is 1.29. The number of benzene rings is 2. The van der Waals surface area contributed by atoms with Gasteiger partial charge in [-0.05, 0) is 29.8 Å². The quantitative estimate of drug-likeness (QED) is 0.415. The number of hydrogen-bond donors (Lipinski definition) is 1. The van der Waals surface area contributed by atoms with E-state index in [0.29, 0.717) is 0 Å². The third-order valence-electron chi connectivity index (χ3n) is 2.89. The van der Waals surface area contributed by atoms with Crippen molar-refractivity contribution in [2.75, 3.05) is 5.43 Å². The highest BCUT2D eigenvalue weighted by Gasteiger charge is 2.03. The second kappa shape index (κ2) is 7.17. The molecule has 0 aliphatic rings. The smallest absolute Gasteiger partial charge is 0.203 e. The number of anilines is 1. The van der Waals surface area contributed by atoms with E-state index in [1.54, 1.807) is 6.21 Å². The zero-order valence-corrected chi connectivity index (χ0v) is 15.3. The molecular formula is C16H11Br2N3S. The van der Waals surface area contributed by atoms with Crippen LogP contribution in [-0.2, 0) is 0 Å². The standard InChI is InChI=1S/C16H11Br2N3S/c17-13-5-1-11(2-6-13)9-19-21-16-20-15(10-22-16)12-3-7-14(18)8-4-12/h1-10H,(H,20,21)/b19-9-. The molecule has 0 radical (unpaired) electrons. The lowest BCUT2D eigenvalue weighted by Crippen LogP contribution is -1.90. The largest absolute Gasteiger partial charge is 0.253 e. The second-order valence-electron chi connectivity index (χ2n) is 4.47. The maximum absolute atomic E-state index is 4.53. The number of hydrogen-bond acceptors (Lipinski definition) is 4. The maximum atomic E-state index is 4.53. The summed E-state index contributed by atoms with van der Waals surface area (Å²) in [7, 11) is 0. The van der Waals surface area contributed by atoms with E-state index in [0.717, 1.165) is 30.9 Å². The molecule has 0 spiro atoms. The maximum Gasteiger partial charge on any atom is 0.203 e. The Kier molecular flexibility index (Phi) is 5.02. The molecule has 0 unspecified atom stereocenters. The van der Waals surface area contributed by atoms with Crippen LogP contribution in [0.4, 0.5) is 5.13 Å². The molecule has 6 heteroatoms.